The van der Waals surface area contributed by atoms with Gasteiger partial charge < -0.3 is 30.0 Å². The van der Waals surface area contributed by atoms with Gasteiger partial charge in [-0.1, -0.05) is 7.92 Å². The van der Waals surface area contributed by atoms with Gasteiger partial charge >= 0.3 is 0 Å². The van der Waals surface area contributed by atoms with E-state index >= 15 is 0 Å². The number of nitrogens with zero attached hydrogens (tertiary/aromatic N) is 7. The Bertz CT molecular complexity index is 2060. The van der Waals surface area contributed by atoms with Crippen LogP contribution in [0.5, 0.6) is 5.75 Å². The molecule has 2 atom stereocenters. The first-order valence-corrected chi connectivity index (χ1v) is 17.1. The van der Waals surface area contributed by atoms with Gasteiger partial charge in [-0.3, -0.25) is 14.6 Å². The predicted octanol–water partition coefficient (Wildman–Crippen LogP) is 5.14. The van der Waals surface area contributed by atoms with E-state index in [1.807, 2.05) is 42.5 Å². The molecule has 2 saturated heterocycles. The first kappa shape index (κ1) is 27.7. The van der Waals surface area contributed by atoms with Gasteiger partial charge in [0, 0.05) is 72.3 Å². The summed E-state index contributed by atoms with van der Waals surface area (Å²) in [5.74, 6) is 1.81. The largest absolute Gasteiger partial charge is 0.494 e. The Hall–Kier alpha value is -4.80. The molecule has 2 bridgehead atoms. The van der Waals surface area contributed by atoms with E-state index in [9.17, 15) is 0 Å². The van der Waals surface area contributed by atoms with E-state index in [0.29, 0.717) is 29.2 Å². The number of hydrogen-bond acceptors (Lipinski definition) is 10. The number of benzene rings is 2. The average molecular weight is 621 g/mol. The van der Waals surface area contributed by atoms with Crippen LogP contribution >= 0.6 is 7.92 Å². The minimum absolute atomic E-state index is 0.263. The summed E-state index contributed by atoms with van der Waals surface area (Å²) in [5.41, 5.74) is 7.38. The second-order valence-corrected chi connectivity index (χ2v) is 13.9. The molecule has 2 aliphatic rings. The van der Waals surface area contributed by atoms with Crippen molar-refractivity contribution in [1.29, 1.82) is 0 Å². The van der Waals surface area contributed by atoms with Crippen molar-refractivity contribution in [1.82, 2.24) is 34.7 Å². The van der Waals surface area contributed by atoms with Gasteiger partial charge in [0.2, 0.25) is 5.95 Å². The van der Waals surface area contributed by atoms with E-state index in [-0.39, 0.29) is 6.10 Å². The Morgan fingerprint density at radius 3 is 2.71 bits per heavy atom. The van der Waals surface area contributed by atoms with Crippen LogP contribution in [0.3, 0.4) is 0 Å². The maximum absolute atomic E-state index is 5.94. The average Bonchev–Trinajstić information content (AvgIpc) is 3.86. The third-order valence-electron chi connectivity index (χ3n) is 8.52. The van der Waals surface area contributed by atoms with Crippen molar-refractivity contribution in [3.8, 4) is 16.9 Å². The first-order valence-electron chi connectivity index (χ1n) is 14.8. The van der Waals surface area contributed by atoms with Crippen molar-refractivity contribution in [3.05, 3.63) is 61.3 Å². The number of anilines is 5. The van der Waals surface area contributed by atoms with Crippen LogP contribution in [-0.4, -0.2) is 80.4 Å². The predicted molar refractivity (Wildman–Crippen MR) is 179 cm³/mol. The van der Waals surface area contributed by atoms with Crippen molar-refractivity contribution >= 4 is 64.1 Å². The lowest BCUT2D eigenvalue weighted by Gasteiger charge is -2.31. The molecular weight excluding hydrogens is 587 g/mol. The van der Waals surface area contributed by atoms with E-state index in [1.54, 1.807) is 19.5 Å². The van der Waals surface area contributed by atoms with Crippen molar-refractivity contribution in [2.45, 2.75) is 18.6 Å². The number of aromatic amines is 1. The fraction of sp³-hybridized carbons (Fsp3) is 0.281. The molecule has 0 unspecified atom stereocenters. The number of methoxy groups -OCH3 is 1. The molecule has 2 fully saturated rings. The summed E-state index contributed by atoms with van der Waals surface area (Å²) in [6, 6.07) is 10.6. The summed E-state index contributed by atoms with van der Waals surface area (Å²) in [6.45, 7) is 6.04. The maximum Gasteiger partial charge on any atom is 0.231 e. The lowest BCUT2D eigenvalue weighted by molar-refractivity contribution is 0.0991. The minimum Gasteiger partial charge on any atom is -0.494 e. The van der Waals surface area contributed by atoms with Gasteiger partial charge in [0.1, 0.15) is 17.2 Å². The van der Waals surface area contributed by atoms with E-state index in [4.69, 9.17) is 19.4 Å². The van der Waals surface area contributed by atoms with E-state index in [0.717, 1.165) is 69.5 Å². The fourth-order valence-corrected chi connectivity index (χ4v) is 7.68. The molecule has 8 rings (SSSR count). The molecule has 2 aromatic carbocycles. The van der Waals surface area contributed by atoms with Crippen LogP contribution in [0.1, 0.15) is 6.42 Å². The zero-order valence-electron chi connectivity index (χ0n) is 25.4. The zero-order valence-corrected chi connectivity index (χ0v) is 26.3. The standard InChI is InChI=1S/C32H33N10O2P/c1-41-15-18(14-36-41)22-12-25(27(43-2)13-26(22)42-16-20-11-19(42)17-44-20)38-32-39-30-21(7-8-35-30)31(40-32)37-24-6-5-23-28(29(24)45(3)4)34-10-9-33-23/h5-10,12-15,19-20H,11,16-17H2,1-4H3,(H3,35,37,38,39,40)/t19-,20-/m0/s1. The number of rotatable bonds is 8. The summed E-state index contributed by atoms with van der Waals surface area (Å²) < 4.78 is 13.7. The van der Waals surface area contributed by atoms with Crippen LogP contribution in [0, 0.1) is 0 Å². The van der Waals surface area contributed by atoms with Gasteiger partial charge in [-0.2, -0.15) is 15.1 Å². The molecule has 0 amide bonds. The molecule has 2 aliphatic heterocycles. The van der Waals surface area contributed by atoms with Gasteiger partial charge in [0.25, 0.3) is 0 Å². The van der Waals surface area contributed by atoms with Gasteiger partial charge in [-0.05, 0) is 44.0 Å². The fourth-order valence-electron chi connectivity index (χ4n) is 6.48. The Morgan fingerprint density at radius 1 is 1.07 bits per heavy atom. The SMILES string of the molecule is COc1cc(N2C[C@@H]3C[C@H]2CO3)c(-c2cnn(C)c2)cc1Nc1nc(Nc2ccc3nccnc3c2P(C)C)c2cc[nH]c2n1. The van der Waals surface area contributed by atoms with E-state index < -0.39 is 7.92 Å². The summed E-state index contributed by atoms with van der Waals surface area (Å²) in [4.78, 5) is 24.7. The van der Waals surface area contributed by atoms with Crippen molar-refractivity contribution < 1.29 is 9.47 Å². The molecule has 3 N–H and O–H groups in total. The molecule has 0 spiro atoms. The summed E-state index contributed by atoms with van der Waals surface area (Å²) in [7, 11) is 3.12. The maximum atomic E-state index is 5.94. The van der Waals surface area contributed by atoms with Crippen LogP contribution in [0.4, 0.5) is 28.8 Å². The quantitative estimate of drug-likeness (QED) is 0.197. The Kier molecular flexibility index (Phi) is 6.76. The van der Waals surface area contributed by atoms with Crippen molar-refractivity contribution in [3.63, 3.8) is 0 Å². The number of nitrogens with one attached hydrogen (secondary N) is 3. The normalized spacial score (nSPS) is 17.6. The third kappa shape index (κ3) is 4.90. The molecule has 45 heavy (non-hydrogen) atoms. The number of aryl methyl sites for hydroxylation is 1. The topological polar surface area (TPSA) is 131 Å². The van der Waals surface area contributed by atoms with E-state index in [1.165, 1.54) is 0 Å². The van der Waals surface area contributed by atoms with Crippen LogP contribution < -0.4 is 25.6 Å². The van der Waals surface area contributed by atoms with Gasteiger partial charge in [0.05, 0.1) is 54.2 Å². The molecule has 12 nitrogen and oxygen atoms in total. The van der Waals surface area contributed by atoms with Crippen LogP contribution in [0.2, 0.25) is 0 Å². The molecule has 6 aromatic rings. The molecule has 228 valence electrons. The summed E-state index contributed by atoms with van der Waals surface area (Å²) in [5, 5.41) is 13.6. The highest BCUT2D eigenvalue weighted by molar-refractivity contribution is 7.65. The lowest BCUT2D eigenvalue weighted by Crippen LogP contribution is -2.37. The highest BCUT2D eigenvalue weighted by Crippen LogP contribution is 2.44. The molecule has 0 radical (unpaired) electrons. The highest BCUT2D eigenvalue weighted by atomic mass is 31.1. The number of morpholine rings is 1. The van der Waals surface area contributed by atoms with Crippen LogP contribution in [-0.2, 0) is 11.8 Å². The molecular formula is C32H33N10O2P. The van der Waals surface area contributed by atoms with Gasteiger partial charge in [0.15, 0.2) is 0 Å². The van der Waals surface area contributed by atoms with Crippen LogP contribution in [0.15, 0.2) is 61.3 Å². The van der Waals surface area contributed by atoms with Gasteiger partial charge in [-0.25, -0.2) is 0 Å². The minimum atomic E-state index is -0.499. The molecule has 0 saturated carbocycles. The summed E-state index contributed by atoms with van der Waals surface area (Å²) >= 11 is 0. The number of ether oxygens (including phenoxy) is 2. The Morgan fingerprint density at radius 2 is 1.96 bits per heavy atom. The molecule has 6 heterocycles. The van der Waals surface area contributed by atoms with E-state index in [2.05, 4.69) is 67.1 Å². The van der Waals surface area contributed by atoms with Gasteiger partial charge in [-0.15, -0.1) is 0 Å². The molecule has 13 heteroatoms. The number of H-pyrrole nitrogens is 1. The third-order valence-corrected chi connectivity index (χ3v) is 9.87. The summed E-state index contributed by atoms with van der Waals surface area (Å²) in [6.07, 6.45) is 10.6. The molecule has 4 aromatic heterocycles. The number of aromatic nitrogens is 7. The second kappa shape index (κ2) is 11.0. The first-order chi connectivity index (χ1) is 21.9. The highest BCUT2D eigenvalue weighted by Gasteiger charge is 2.40. The number of fused-ring (bicyclic) bond motifs is 4. The van der Waals surface area contributed by atoms with Crippen molar-refractivity contribution in [2.24, 2.45) is 7.05 Å². The second-order valence-electron chi connectivity index (χ2n) is 11.6. The van der Waals surface area contributed by atoms with Crippen LogP contribution in [0.25, 0.3) is 33.2 Å². The number of hydrogen-bond donors (Lipinski definition) is 3. The monoisotopic (exact) mass is 620 g/mol. The smallest absolute Gasteiger partial charge is 0.231 e. The zero-order chi connectivity index (χ0) is 30.7. The van der Waals surface area contributed by atoms with Crippen molar-refractivity contribution in [2.75, 3.05) is 49.1 Å². The molecule has 0 aliphatic carbocycles. The Labute approximate surface area is 261 Å². The lowest BCUT2D eigenvalue weighted by atomic mass is 10.0. The Balaban J connectivity index is 1.20.